The van der Waals surface area contributed by atoms with Gasteiger partial charge in [0.15, 0.2) is 11.5 Å². The first kappa shape index (κ1) is 49.8. The molecule has 65 heavy (non-hydrogen) atoms. The second-order valence-electron chi connectivity index (χ2n) is 18.0. The van der Waals surface area contributed by atoms with Gasteiger partial charge in [0.25, 0.3) is 5.91 Å². The van der Waals surface area contributed by atoms with E-state index in [2.05, 4.69) is 30.1 Å². The van der Waals surface area contributed by atoms with E-state index in [9.17, 15) is 19.8 Å². The summed E-state index contributed by atoms with van der Waals surface area (Å²) in [5.41, 5.74) is 2.96. The van der Waals surface area contributed by atoms with Crippen LogP contribution in [0.5, 0.6) is 23.0 Å². The number of amides is 2. The summed E-state index contributed by atoms with van der Waals surface area (Å²) < 4.78 is 31.7. The van der Waals surface area contributed by atoms with E-state index in [0.29, 0.717) is 66.6 Å². The van der Waals surface area contributed by atoms with Gasteiger partial charge in [0, 0.05) is 49.8 Å². The molecule has 3 N–H and O–H groups in total. The number of rotatable bonds is 28. The lowest BCUT2D eigenvalue weighted by Crippen LogP contribution is -2.70. The zero-order chi connectivity index (χ0) is 46.0. The van der Waals surface area contributed by atoms with Crippen molar-refractivity contribution in [2.75, 3.05) is 46.8 Å². The van der Waals surface area contributed by atoms with Gasteiger partial charge < -0.3 is 49.0 Å². The van der Waals surface area contributed by atoms with Gasteiger partial charge in [-0.1, -0.05) is 102 Å². The van der Waals surface area contributed by atoms with E-state index in [4.69, 9.17) is 28.5 Å². The van der Waals surface area contributed by atoms with E-state index in [1.54, 1.807) is 30.3 Å². The van der Waals surface area contributed by atoms with Crippen LogP contribution in [0.15, 0.2) is 65.9 Å². The average Bonchev–Trinajstić information content (AvgIpc) is 3.79. The number of fused-ring (bicyclic) bond motifs is 3. The Morgan fingerprint density at radius 2 is 1.58 bits per heavy atom. The summed E-state index contributed by atoms with van der Waals surface area (Å²) >= 11 is 0. The highest BCUT2D eigenvalue weighted by molar-refractivity contribution is 6.03. The van der Waals surface area contributed by atoms with Crippen LogP contribution in [0.1, 0.15) is 151 Å². The summed E-state index contributed by atoms with van der Waals surface area (Å²) in [6, 6.07) is 10.1. The number of aliphatic hydroxyl groups excluding tert-OH is 2. The maximum Gasteiger partial charge on any atom is 0.412 e. The number of carbonyl (C=O) groups is 2. The van der Waals surface area contributed by atoms with Crippen LogP contribution < -0.4 is 24.3 Å². The maximum atomic E-state index is 15.0. The molecule has 0 spiro atoms. The molecule has 0 aromatic heterocycles. The highest BCUT2D eigenvalue weighted by atomic mass is 16.7. The van der Waals surface area contributed by atoms with Gasteiger partial charge in [-0.05, 0) is 92.3 Å². The number of ether oxygens (including phenoxy) is 5. The third-order valence-electron chi connectivity index (χ3n) is 13.6. The molecule has 1 saturated carbocycles. The van der Waals surface area contributed by atoms with Crippen molar-refractivity contribution < 1.29 is 48.3 Å². The molecule has 2 heterocycles. The van der Waals surface area contributed by atoms with Gasteiger partial charge in [0.05, 0.1) is 18.2 Å². The van der Waals surface area contributed by atoms with E-state index < -0.39 is 23.8 Å². The lowest BCUT2D eigenvalue weighted by Gasteiger charge is -2.60. The lowest BCUT2D eigenvalue weighted by atomic mass is 9.55. The Morgan fingerprint density at radius 3 is 2.29 bits per heavy atom. The molecule has 13 heteroatoms. The van der Waals surface area contributed by atoms with E-state index in [-0.39, 0.29) is 56.7 Å². The summed E-state index contributed by atoms with van der Waals surface area (Å²) in [6.45, 7) is 9.67. The predicted octanol–water partition coefficient (Wildman–Crippen LogP) is 10.2. The van der Waals surface area contributed by atoms with Crippen molar-refractivity contribution >= 4 is 17.7 Å². The van der Waals surface area contributed by atoms with Gasteiger partial charge in [-0.25, -0.2) is 4.79 Å². The molecule has 1 fully saturated rings. The minimum Gasteiger partial charge on any atom is -0.459 e. The number of nitrogens with one attached hydrogen (secondary N) is 1. The maximum absolute atomic E-state index is 15.0. The summed E-state index contributed by atoms with van der Waals surface area (Å²) in [7, 11) is 1.54. The summed E-state index contributed by atoms with van der Waals surface area (Å²) in [5, 5.41) is 27.5. The monoisotopic (exact) mass is 902 g/mol. The van der Waals surface area contributed by atoms with Crippen LogP contribution in [-0.2, 0) is 9.57 Å². The van der Waals surface area contributed by atoms with Crippen LogP contribution in [0.3, 0.4) is 0 Å². The molecule has 2 aromatic rings. The number of hydrogen-bond donors (Lipinski definition) is 3. The first-order chi connectivity index (χ1) is 31.8. The van der Waals surface area contributed by atoms with E-state index in [1.165, 1.54) is 52.1 Å². The highest BCUT2D eigenvalue weighted by Gasteiger charge is 2.65. The molecule has 358 valence electrons. The Morgan fingerprint density at radius 1 is 0.877 bits per heavy atom. The second kappa shape index (κ2) is 25.4. The Kier molecular flexibility index (Phi) is 19.4. The van der Waals surface area contributed by atoms with Crippen LogP contribution >= 0.6 is 0 Å². The summed E-state index contributed by atoms with van der Waals surface area (Å²) in [4.78, 5) is 35.7. The number of allylic oxidation sites excluding steroid dienone is 1. The van der Waals surface area contributed by atoms with Gasteiger partial charge in [0.2, 0.25) is 12.6 Å². The quantitative estimate of drug-likeness (QED) is 0.0427. The van der Waals surface area contributed by atoms with E-state index in [1.807, 2.05) is 24.0 Å². The topological polar surface area (TPSA) is 158 Å². The number of nitrogens with zero attached hydrogens (tertiary/aromatic N) is 2. The van der Waals surface area contributed by atoms with E-state index >= 15 is 0 Å². The van der Waals surface area contributed by atoms with Crippen molar-refractivity contribution in [1.29, 1.82) is 0 Å². The van der Waals surface area contributed by atoms with E-state index in [0.717, 1.165) is 56.1 Å². The van der Waals surface area contributed by atoms with Gasteiger partial charge in [0.1, 0.15) is 24.7 Å². The zero-order valence-corrected chi connectivity index (χ0v) is 39.2. The van der Waals surface area contributed by atoms with Gasteiger partial charge in [-0.3, -0.25) is 4.79 Å². The molecule has 0 saturated heterocycles. The van der Waals surface area contributed by atoms with Gasteiger partial charge in [-0.2, -0.15) is 0 Å². The SMILES string of the molecule is C=CCO[C@@]12Oc3ccc(OC(=O)NCCCCCCCCCCCC)cc3[C@H]3[C@H](CCCCO)[C@@H](CCCCO)C=C(C(=NOC)C[C@@H]1N(CCC)C(=O)c1ccc4c(c1)OCO4)[C@H]32. The largest absolute Gasteiger partial charge is 0.459 e. The van der Waals surface area contributed by atoms with Crippen molar-refractivity contribution in [3.63, 3.8) is 0 Å². The number of oxime groups is 1. The van der Waals surface area contributed by atoms with Crippen molar-refractivity contribution in [2.24, 2.45) is 22.9 Å². The normalized spacial score (nSPS) is 23.2. The standard InChI is InChI=1S/C52H75N3O10/c1-5-8-9-10-11-12-13-14-15-18-27-53-51(59)64-39-24-26-44-42(34-39)48-40(22-17-20-30-57)37(21-16-19-29-56)32-41-43(54-60-4)35-47(52(65-44,49(41)48)63-31-7-3)55(28-6-2)50(58)38-23-25-45-46(33-38)62-36-61-45/h7,23-26,32-34,37,40,47-49,56-57H,3,5-6,8-22,27-31,35-36H2,1-2,4H3,(H,53,59)/t37-,40+,47-,48+,49+,52+/m0/s1. The van der Waals surface area contributed by atoms with Gasteiger partial charge >= 0.3 is 6.09 Å². The second-order valence-corrected chi connectivity index (χ2v) is 18.0. The molecule has 2 aliphatic carbocycles. The van der Waals surface area contributed by atoms with Crippen LogP contribution in [0.2, 0.25) is 0 Å². The number of carbonyl (C=O) groups excluding carboxylic acids is 2. The highest BCUT2D eigenvalue weighted by Crippen LogP contribution is 2.62. The summed E-state index contributed by atoms with van der Waals surface area (Å²) in [6.07, 6.45) is 21.1. The van der Waals surface area contributed by atoms with Crippen molar-refractivity contribution in [3.05, 3.63) is 71.8 Å². The Hall–Kier alpha value is -4.59. The summed E-state index contributed by atoms with van der Waals surface area (Å²) in [5.74, 6) is -0.192. The fraction of sp³-hybridized carbons (Fsp3) is 0.635. The van der Waals surface area contributed by atoms with Crippen LogP contribution in [0.25, 0.3) is 0 Å². The Bertz CT molecular complexity index is 1920. The first-order valence-corrected chi connectivity index (χ1v) is 24.6. The molecule has 6 rings (SSSR count). The fourth-order valence-electron chi connectivity index (χ4n) is 10.6. The van der Waals surface area contributed by atoms with Crippen LogP contribution in [0, 0.1) is 17.8 Å². The number of hydrogen-bond acceptors (Lipinski definition) is 11. The van der Waals surface area contributed by atoms with Crippen molar-refractivity contribution in [1.82, 2.24) is 10.2 Å². The van der Waals surface area contributed by atoms with Crippen molar-refractivity contribution in [2.45, 2.75) is 147 Å². The first-order valence-electron chi connectivity index (χ1n) is 24.6. The predicted molar refractivity (Wildman–Crippen MR) is 252 cm³/mol. The van der Waals surface area contributed by atoms with Gasteiger partial charge in [-0.15, -0.1) is 6.58 Å². The molecule has 2 aliphatic heterocycles. The third-order valence-corrected chi connectivity index (χ3v) is 13.6. The molecule has 4 aliphatic rings. The minimum absolute atomic E-state index is 0.0236. The molecule has 2 amide bonds. The molecule has 13 nitrogen and oxygen atoms in total. The number of unbranched alkanes of at least 4 members (excludes halogenated alkanes) is 11. The van der Waals surface area contributed by atoms with Crippen LogP contribution in [0.4, 0.5) is 4.79 Å². The molecule has 6 atom stereocenters. The van der Waals surface area contributed by atoms with Crippen molar-refractivity contribution in [3.8, 4) is 23.0 Å². The van der Waals surface area contributed by atoms with Crippen LogP contribution in [-0.4, -0.2) is 91.5 Å². The lowest BCUT2D eigenvalue weighted by molar-refractivity contribution is -0.254. The number of benzene rings is 2. The third kappa shape index (κ3) is 12.3. The molecule has 0 unspecified atom stereocenters. The fourth-order valence-corrected chi connectivity index (χ4v) is 10.6. The molecule has 2 aromatic carbocycles. The Labute approximate surface area is 386 Å². The molecule has 0 radical (unpaired) electrons. The average molecular weight is 902 g/mol. The number of aliphatic hydroxyl groups is 2. The Balaban J connectivity index is 1.36. The molecular weight excluding hydrogens is 827 g/mol. The minimum atomic E-state index is -1.41. The smallest absolute Gasteiger partial charge is 0.412 e. The molecule has 0 bridgehead atoms. The molecular formula is C52H75N3O10. The zero-order valence-electron chi connectivity index (χ0n) is 39.2.